The van der Waals surface area contributed by atoms with Crippen LogP contribution in [-0.4, -0.2) is 40.3 Å². The zero-order valence-corrected chi connectivity index (χ0v) is 16.5. The van der Waals surface area contributed by atoms with E-state index in [0.717, 1.165) is 23.5 Å². The van der Waals surface area contributed by atoms with Gasteiger partial charge in [-0.15, -0.1) is 0 Å². The molecule has 2 aromatic carbocycles. The minimum absolute atomic E-state index is 0.157. The van der Waals surface area contributed by atoms with Crippen molar-refractivity contribution >= 4 is 5.96 Å². The van der Waals surface area contributed by atoms with Crippen molar-refractivity contribution in [2.75, 3.05) is 13.1 Å². The fraction of sp³-hybridized carbons (Fsp3) is 0.286. The van der Waals surface area contributed by atoms with Crippen molar-refractivity contribution in [2.45, 2.75) is 26.5 Å². The summed E-state index contributed by atoms with van der Waals surface area (Å²) in [6.07, 6.45) is 1.33. The second kappa shape index (κ2) is 10.2. The largest absolute Gasteiger partial charge is 0.489 e. The van der Waals surface area contributed by atoms with E-state index in [1.807, 2.05) is 38.1 Å². The van der Waals surface area contributed by atoms with Gasteiger partial charge in [0.05, 0.1) is 13.1 Å². The van der Waals surface area contributed by atoms with Crippen molar-refractivity contribution in [3.63, 3.8) is 0 Å². The summed E-state index contributed by atoms with van der Waals surface area (Å²) in [6.45, 7) is 5.71. The lowest BCUT2D eigenvalue weighted by Gasteiger charge is -2.17. The minimum Gasteiger partial charge on any atom is -0.489 e. The molecule has 0 saturated heterocycles. The van der Waals surface area contributed by atoms with Crippen molar-refractivity contribution in [1.29, 1.82) is 0 Å². The first-order chi connectivity index (χ1) is 14.1. The van der Waals surface area contributed by atoms with E-state index in [-0.39, 0.29) is 11.9 Å². The zero-order valence-electron chi connectivity index (χ0n) is 16.5. The smallest absolute Gasteiger partial charge is 0.191 e. The van der Waals surface area contributed by atoms with Gasteiger partial charge in [-0.2, -0.15) is 5.10 Å². The Morgan fingerprint density at radius 1 is 1.21 bits per heavy atom. The first kappa shape index (κ1) is 20.3. The van der Waals surface area contributed by atoms with Gasteiger partial charge in [0.25, 0.3) is 0 Å². The van der Waals surface area contributed by atoms with E-state index in [4.69, 9.17) is 4.74 Å². The number of hydrogen-bond donors (Lipinski definition) is 3. The van der Waals surface area contributed by atoms with Gasteiger partial charge < -0.3 is 15.4 Å². The van der Waals surface area contributed by atoms with Crippen molar-refractivity contribution in [1.82, 2.24) is 25.8 Å². The Hall–Kier alpha value is -3.42. The molecule has 1 heterocycles. The number of halogens is 1. The summed E-state index contributed by atoms with van der Waals surface area (Å²) >= 11 is 0. The predicted molar refractivity (Wildman–Crippen MR) is 111 cm³/mol. The molecule has 0 spiro atoms. The number of nitrogens with one attached hydrogen (secondary N) is 3. The van der Waals surface area contributed by atoms with Gasteiger partial charge in [0.1, 0.15) is 24.0 Å². The number of aliphatic imine (C=N–C) groups is 1. The van der Waals surface area contributed by atoms with Gasteiger partial charge >= 0.3 is 0 Å². The maximum atomic E-state index is 13.3. The quantitative estimate of drug-likeness (QED) is 0.402. The Bertz CT molecular complexity index is 928. The van der Waals surface area contributed by atoms with Crippen LogP contribution in [0.2, 0.25) is 0 Å². The molecular weight excluding hydrogens is 371 g/mol. The number of guanidine groups is 1. The van der Waals surface area contributed by atoms with E-state index in [9.17, 15) is 4.39 Å². The average Bonchev–Trinajstić information content (AvgIpc) is 3.25. The number of ether oxygens (including phenoxy) is 1. The van der Waals surface area contributed by atoms with Gasteiger partial charge in [0.15, 0.2) is 11.8 Å². The maximum Gasteiger partial charge on any atom is 0.191 e. The molecule has 152 valence electrons. The van der Waals surface area contributed by atoms with Crippen LogP contribution in [0.5, 0.6) is 5.75 Å². The number of aromatic amines is 1. The lowest BCUT2D eigenvalue weighted by atomic mass is 10.1. The standard InChI is InChI=1S/C21H25FN6O/c1-3-23-21(24-12-15(2)29-19-9-5-8-18(22)11-19)25-13-16-6-4-7-17(10-16)20-26-14-27-28-20/h4-11,14-15H,3,12-13H2,1-2H3,(H2,23,24,25)(H,26,27,28). The van der Waals surface area contributed by atoms with Crippen molar-refractivity contribution in [2.24, 2.45) is 4.99 Å². The average molecular weight is 396 g/mol. The highest BCUT2D eigenvalue weighted by atomic mass is 19.1. The summed E-state index contributed by atoms with van der Waals surface area (Å²) in [6, 6.07) is 14.1. The van der Waals surface area contributed by atoms with E-state index >= 15 is 0 Å². The third-order valence-corrected chi connectivity index (χ3v) is 4.07. The number of benzene rings is 2. The van der Waals surface area contributed by atoms with E-state index in [1.165, 1.54) is 18.5 Å². The molecule has 0 fully saturated rings. The molecule has 3 aromatic rings. The summed E-state index contributed by atoms with van der Waals surface area (Å²) in [5.74, 6) is 1.60. The maximum absolute atomic E-state index is 13.3. The molecule has 1 unspecified atom stereocenters. The lowest BCUT2D eigenvalue weighted by molar-refractivity contribution is 0.223. The van der Waals surface area contributed by atoms with Crippen LogP contribution >= 0.6 is 0 Å². The van der Waals surface area contributed by atoms with Crippen LogP contribution in [0.25, 0.3) is 11.4 Å². The third-order valence-electron chi connectivity index (χ3n) is 4.07. The molecule has 0 saturated carbocycles. The van der Waals surface area contributed by atoms with Crippen LogP contribution in [0.4, 0.5) is 4.39 Å². The second-order valence-electron chi connectivity index (χ2n) is 6.50. The van der Waals surface area contributed by atoms with Crippen LogP contribution in [0, 0.1) is 5.82 Å². The van der Waals surface area contributed by atoms with Crippen molar-refractivity contribution in [3.05, 3.63) is 66.2 Å². The van der Waals surface area contributed by atoms with Crippen LogP contribution in [0.15, 0.2) is 59.9 Å². The van der Waals surface area contributed by atoms with E-state index in [1.54, 1.807) is 12.1 Å². The summed E-state index contributed by atoms with van der Waals surface area (Å²) in [7, 11) is 0. The van der Waals surface area contributed by atoms with Crippen LogP contribution in [-0.2, 0) is 6.54 Å². The fourth-order valence-corrected chi connectivity index (χ4v) is 2.73. The SMILES string of the molecule is CCNC(=NCc1cccc(-c2ncn[nH]2)c1)NCC(C)Oc1cccc(F)c1. The Morgan fingerprint density at radius 3 is 2.83 bits per heavy atom. The molecule has 0 radical (unpaired) electrons. The number of nitrogens with zero attached hydrogens (tertiary/aromatic N) is 3. The molecular formula is C21H25FN6O. The molecule has 0 amide bonds. The molecule has 7 nitrogen and oxygen atoms in total. The third kappa shape index (κ3) is 6.31. The lowest BCUT2D eigenvalue weighted by Crippen LogP contribution is -2.41. The van der Waals surface area contributed by atoms with Gasteiger partial charge in [0, 0.05) is 18.2 Å². The molecule has 1 aromatic heterocycles. The van der Waals surface area contributed by atoms with Gasteiger partial charge in [0.2, 0.25) is 0 Å². The van der Waals surface area contributed by atoms with Gasteiger partial charge in [-0.1, -0.05) is 24.3 Å². The van der Waals surface area contributed by atoms with Crippen molar-refractivity contribution < 1.29 is 9.13 Å². The molecule has 0 aliphatic heterocycles. The van der Waals surface area contributed by atoms with Crippen molar-refractivity contribution in [3.8, 4) is 17.1 Å². The Balaban J connectivity index is 1.57. The van der Waals surface area contributed by atoms with Gasteiger partial charge in [-0.05, 0) is 37.6 Å². The molecule has 0 bridgehead atoms. The Morgan fingerprint density at radius 2 is 2.07 bits per heavy atom. The number of H-pyrrole nitrogens is 1. The summed E-state index contributed by atoms with van der Waals surface area (Å²) < 4.78 is 19.0. The number of rotatable bonds is 8. The van der Waals surface area contributed by atoms with Gasteiger partial charge in [-0.25, -0.2) is 14.4 Å². The summed E-state index contributed by atoms with van der Waals surface area (Å²) in [5.41, 5.74) is 2.02. The molecule has 0 aliphatic rings. The van der Waals surface area contributed by atoms with Crippen LogP contribution in [0.1, 0.15) is 19.4 Å². The highest BCUT2D eigenvalue weighted by molar-refractivity contribution is 5.79. The topological polar surface area (TPSA) is 87.2 Å². The monoisotopic (exact) mass is 396 g/mol. The summed E-state index contributed by atoms with van der Waals surface area (Å²) in [5, 5.41) is 13.2. The normalized spacial score (nSPS) is 12.4. The molecule has 8 heteroatoms. The van der Waals surface area contributed by atoms with E-state index in [2.05, 4.69) is 30.8 Å². The van der Waals surface area contributed by atoms with Crippen LogP contribution in [0.3, 0.4) is 0 Å². The molecule has 3 N–H and O–H groups in total. The molecule has 3 rings (SSSR count). The fourth-order valence-electron chi connectivity index (χ4n) is 2.73. The first-order valence-corrected chi connectivity index (χ1v) is 9.53. The molecule has 1 atom stereocenters. The molecule has 29 heavy (non-hydrogen) atoms. The predicted octanol–water partition coefficient (Wildman–Crippen LogP) is 3.13. The zero-order chi connectivity index (χ0) is 20.5. The van der Waals surface area contributed by atoms with Crippen LogP contribution < -0.4 is 15.4 Å². The highest BCUT2D eigenvalue weighted by Gasteiger charge is 2.07. The van der Waals surface area contributed by atoms with Gasteiger partial charge in [-0.3, -0.25) is 5.10 Å². The highest BCUT2D eigenvalue weighted by Crippen LogP contribution is 2.16. The Kier molecular flexibility index (Phi) is 7.16. The first-order valence-electron chi connectivity index (χ1n) is 9.53. The number of aromatic nitrogens is 3. The molecule has 0 aliphatic carbocycles. The number of hydrogen-bond acceptors (Lipinski definition) is 4. The minimum atomic E-state index is -0.315. The Labute approximate surface area is 169 Å². The summed E-state index contributed by atoms with van der Waals surface area (Å²) in [4.78, 5) is 8.81. The van der Waals surface area contributed by atoms with E-state index < -0.39 is 0 Å². The second-order valence-corrected chi connectivity index (χ2v) is 6.50. The van der Waals surface area contributed by atoms with E-state index in [0.29, 0.717) is 24.8 Å².